The van der Waals surface area contributed by atoms with E-state index in [1.165, 1.54) is 11.8 Å². The molecule has 1 fully saturated rings. The van der Waals surface area contributed by atoms with E-state index in [0.29, 0.717) is 0 Å². The molecule has 0 aromatic carbocycles. The van der Waals surface area contributed by atoms with E-state index in [2.05, 4.69) is 4.99 Å². The molecule has 0 amide bonds. The molecule has 5 atom stereocenters. The maximum absolute atomic E-state index is 9.94. The van der Waals surface area contributed by atoms with Gasteiger partial charge in [0.2, 0.25) is 0 Å². The number of hydrogen-bond donors (Lipinski definition) is 3. The highest BCUT2D eigenvalue weighted by molar-refractivity contribution is 8.25. The van der Waals surface area contributed by atoms with Crippen molar-refractivity contribution in [1.29, 1.82) is 0 Å². The van der Waals surface area contributed by atoms with Crippen LogP contribution in [0.2, 0.25) is 0 Å². The lowest BCUT2D eigenvalue weighted by molar-refractivity contribution is -0.00545. The summed E-state index contributed by atoms with van der Waals surface area (Å²) >= 11 is 3.08. The van der Waals surface area contributed by atoms with Crippen LogP contribution in [0.4, 0.5) is 0 Å². The van der Waals surface area contributed by atoms with E-state index in [-0.39, 0.29) is 22.5 Å². The van der Waals surface area contributed by atoms with Gasteiger partial charge in [-0.25, -0.2) is 0 Å². The van der Waals surface area contributed by atoms with Gasteiger partial charge in [-0.3, -0.25) is 4.99 Å². The second-order valence-electron chi connectivity index (χ2n) is 4.12. The van der Waals surface area contributed by atoms with Crippen LogP contribution < -0.4 is 0 Å². The summed E-state index contributed by atoms with van der Waals surface area (Å²) in [6.45, 7) is -0.121. The van der Waals surface area contributed by atoms with Gasteiger partial charge in [-0.2, -0.15) is 0 Å². The van der Waals surface area contributed by atoms with Crippen LogP contribution in [0.5, 0.6) is 0 Å². The van der Waals surface area contributed by atoms with Crippen LogP contribution in [0.1, 0.15) is 0 Å². The molecule has 7 heteroatoms. The number of thioether (sulfide) groups is 2. The van der Waals surface area contributed by atoms with Crippen molar-refractivity contribution >= 4 is 28.7 Å². The lowest BCUT2D eigenvalue weighted by Gasteiger charge is -2.36. The van der Waals surface area contributed by atoms with Crippen molar-refractivity contribution in [2.45, 2.75) is 28.1 Å². The fourth-order valence-electron chi connectivity index (χ4n) is 1.78. The summed E-state index contributed by atoms with van der Waals surface area (Å²) in [6.07, 6.45) is -1.78. The Morgan fingerprint density at radius 2 is 2.00 bits per heavy atom. The number of hydrogen-bond acceptors (Lipinski definition) is 7. The van der Waals surface area contributed by atoms with Crippen molar-refractivity contribution in [3.8, 4) is 0 Å². The predicted molar refractivity (Wildman–Crippen MR) is 66.8 cm³/mol. The van der Waals surface area contributed by atoms with Gasteiger partial charge in [0, 0.05) is 14.1 Å². The van der Waals surface area contributed by atoms with Gasteiger partial charge in [-0.15, -0.1) is 11.8 Å². The minimum Gasteiger partial charge on any atom is -0.395 e. The van der Waals surface area contributed by atoms with Gasteiger partial charge >= 0.3 is 0 Å². The number of aliphatic hydroxyl groups is 3. The van der Waals surface area contributed by atoms with Crippen molar-refractivity contribution in [2.24, 2.45) is 4.99 Å². The third-order valence-electron chi connectivity index (χ3n) is 2.71. The van der Waals surface area contributed by atoms with Gasteiger partial charge < -0.3 is 20.2 Å². The normalized spacial score (nSPS) is 42.8. The standard InChI is InChI=1S/C9H16N2O3S2/c1-11(2)9-10-5-7(14)6(13)4(3-12)15-8(5)16-9/h4-8,12-14H,3H2,1-2H3. The zero-order valence-corrected chi connectivity index (χ0v) is 10.8. The molecule has 2 rings (SSSR count). The van der Waals surface area contributed by atoms with Gasteiger partial charge in [-0.05, 0) is 0 Å². The molecule has 3 N–H and O–H groups in total. The summed E-state index contributed by atoms with van der Waals surface area (Å²) in [5.74, 6) is 0. The molecule has 5 unspecified atom stereocenters. The van der Waals surface area contributed by atoms with Crippen LogP contribution in [0.15, 0.2) is 4.99 Å². The van der Waals surface area contributed by atoms with Gasteiger partial charge in [0.25, 0.3) is 0 Å². The molecule has 16 heavy (non-hydrogen) atoms. The molecule has 0 radical (unpaired) electrons. The monoisotopic (exact) mass is 264 g/mol. The second kappa shape index (κ2) is 4.73. The Morgan fingerprint density at radius 3 is 2.56 bits per heavy atom. The first-order chi connectivity index (χ1) is 7.54. The number of fused-ring (bicyclic) bond motifs is 1. The first-order valence-corrected chi connectivity index (χ1v) is 6.91. The van der Waals surface area contributed by atoms with E-state index in [1.807, 2.05) is 19.0 Å². The van der Waals surface area contributed by atoms with Crippen LogP contribution in [0, 0.1) is 0 Å². The van der Waals surface area contributed by atoms with Crippen molar-refractivity contribution in [3.63, 3.8) is 0 Å². The molecule has 2 aliphatic rings. The summed E-state index contributed by atoms with van der Waals surface area (Å²) in [7, 11) is 3.81. The third-order valence-corrected chi connectivity index (χ3v) is 5.85. The van der Waals surface area contributed by atoms with Crippen molar-refractivity contribution < 1.29 is 15.3 Å². The zero-order chi connectivity index (χ0) is 11.9. The van der Waals surface area contributed by atoms with Gasteiger partial charge in [0.1, 0.15) is 12.1 Å². The molecule has 0 aromatic heterocycles. The van der Waals surface area contributed by atoms with Crippen LogP contribution >= 0.6 is 23.5 Å². The van der Waals surface area contributed by atoms with Crippen LogP contribution in [-0.4, -0.2) is 74.2 Å². The van der Waals surface area contributed by atoms with Crippen LogP contribution in [0.3, 0.4) is 0 Å². The predicted octanol–water partition coefficient (Wildman–Crippen LogP) is -0.825. The zero-order valence-electron chi connectivity index (χ0n) is 9.15. The lowest BCUT2D eigenvalue weighted by atomic mass is 10.0. The molecular weight excluding hydrogens is 248 g/mol. The molecule has 0 saturated carbocycles. The summed E-state index contributed by atoms with van der Waals surface area (Å²) < 4.78 is 0.0907. The Balaban J connectivity index is 2.14. The first kappa shape index (κ1) is 12.5. The summed E-state index contributed by atoms with van der Waals surface area (Å²) in [5, 5.41) is 29.4. The molecule has 0 aromatic rings. The minimum atomic E-state index is -0.901. The lowest BCUT2D eigenvalue weighted by Crippen LogP contribution is -2.51. The quantitative estimate of drug-likeness (QED) is 0.574. The van der Waals surface area contributed by atoms with E-state index in [4.69, 9.17) is 5.11 Å². The number of nitrogens with zero attached hydrogens (tertiary/aromatic N) is 2. The molecule has 2 aliphatic heterocycles. The fraction of sp³-hybridized carbons (Fsp3) is 0.889. The SMILES string of the molecule is CN(C)C1=NC2C(S1)SC(CO)C(O)C2O. The van der Waals surface area contributed by atoms with E-state index in [9.17, 15) is 10.2 Å². The molecular formula is C9H16N2O3S2. The maximum atomic E-state index is 9.94. The Hall–Kier alpha value is 0.0500. The highest BCUT2D eigenvalue weighted by Gasteiger charge is 2.47. The minimum absolute atomic E-state index is 0.0907. The van der Waals surface area contributed by atoms with Gasteiger partial charge in [0.05, 0.1) is 22.5 Å². The summed E-state index contributed by atoms with van der Waals surface area (Å²) in [6, 6.07) is -0.273. The summed E-state index contributed by atoms with van der Waals surface area (Å²) in [5.41, 5.74) is 0. The topological polar surface area (TPSA) is 76.3 Å². The average Bonchev–Trinajstić information content (AvgIpc) is 2.67. The molecule has 0 spiro atoms. The van der Waals surface area contributed by atoms with Crippen LogP contribution in [-0.2, 0) is 0 Å². The van der Waals surface area contributed by atoms with E-state index >= 15 is 0 Å². The van der Waals surface area contributed by atoms with Crippen LogP contribution in [0.25, 0.3) is 0 Å². The highest BCUT2D eigenvalue weighted by atomic mass is 32.2. The largest absolute Gasteiger partial charge is 0.395 e. The number of aliphatic imine (C=N–C) groups is 1. The molecule has 1 saturated heterocycles. The Labute approximate surface area is 103 Å². The van der Waals surface area contributed by atoms with Crippen molar-refractivity contribution in [1.82, 2.24) is 4.90 Å². The highest BCUT2D eigenvalue weighted by Crippen LogP contribution is 2.44. The van der Waals surface area contributed by atoms with Gasteiger partial charge in [0.15, 0.2) is 5.17 Å². The molecule has 0 aliphatic carbocycles. The summed E-state index contributed by atoms with van der Waals surface area (Å²) in [4.78, 5) is 6.30. The van der Waals surface area contributed by atoms with Crippen molar-refractivity contribution in [3.05, 3.63) is 0 Å². The molecule has 5 nitrogen and oxygen atoms in total. The maximum Gasteiger partial charge on any atom is 0.160 e. The Kier molecular flexibility index (Phi) is 3.70. The number of rotatable bonds is 1. The fourth-order valence-corrected chi connectivity index (χ4v) is 4.79. The van der Waals surface area contributed by atoms with E-state index in [1.54, 1.807) is 11.8 Å². The smallest absolute Gasteiger partial charge is 0.160 e. The van der Waals surface area contributed by atoms with E-state index in [0.717, 1.165) is 5.17 Å². The van der Waals surface area contributed by atoms with Gasteiger partial charge in [-0.1, -0.05) is 11.8 Å². The molecule has 0 bridgehead atoms. The third kappa shape index (κ3) is 2.06. The Bertz CT molecular complexity index is 300. The Morgan fingerprint density at radius 1 is 1.31 bits per heavy atom. The molecule has 92 valence electrons. The second-order valence-corrected chi connectivity index (χ2v) is 6.91. The number of aliphatic hydroxyl groups excluding tert-OH is 3. The average molecular weight is 264 g/mol. The first-order valence-electron chi connectivity index (χ1n) is 5.09. The molecule has 2 heterocycles. The van der Waals surface area contributed by atoms with Crippen molar-refractivity contribution in [2.75, 3.05) is 20.7 Å². The van der Waals surface area contributed by atoms with E-state index < -0.39 is 12.2 Å². The number of amidine groups is 1.